The molecule has 16 aromatic rings. The van der Waals surface area contributed by atoms with E-state index in [0.717, 1.165) is 45.3 Å². The van der Waals surface area contributed by atoms with Crippen LogP contribution in [0.15, 0.2) is 365 Å². The number of hydrogen-bond donors (Lipinski definition) is 0. The van der Waals surface area contributed by atoms with Gasteiger partial charge in [-0.25, -0.2) is 0 Å². The summed E-state index contributed by atoms with van der Waals surface area (Å²) in [6.45, 7) is 12.7. The molecule has 0 saturated heterocycles. The van der Waals surface area contributed by atoms with Crippen LogP contribution in [0, 0.1) is 13.8 Å². The normalized spacial score (nSPS) is 16.6. The first-order valence-corrected chi connectivity index (χ1v) is 35.9. The molecule has 0 amide bonds. The highest BCUT2D eigenvalue weighted by Crippen LogP contribution is 2.66. The molecule has 0 saturated carbocycles. The van der Waals surface area contributed by atoms with Crippen LogP contribution in [-0.2, 0) is 16.2 Å². The molecule has 0 N–H and O–H groups in total. The Morgan fingerprint density at radius 2 is 0.495 bits per heavy atom. The van der Waals surface area contributed by atoms with E-state index in [0.29, 0.717) is 0 Å². The predicted octanol–water partition coefficient (Wildman–Crippen LogP) is 25.9. The van der Waals surface area contributed by atoms with Crippen molar-refractivity contribution in [1.29, 1.82) is 0 Å². The highest BCUT2D eigenvalue weighted by Gasteiger charge is 2.53. The zero-order valence-corrected chi connectivity index (χ0v) is 57.4. The lowest BCUT2D eigenvalue weighted by Crippen LogP contribution is -2.29. The second kappa shape index (κ2) is 23.1. The maximum Gasteiger partial charge on any atom is 0.0727 e. The number of benzene rings is 16. The van der Waals surface area contributed by atoms with Gasteiger partial charge in [0.1, 0.15) is 0 Å². The van der Waals surface area contributed by atoms with Crippen molar-refractivity contribution in [1.82, 2.24) is 0 Å². The number of nitrogens with zero attached hydrogens (tertiary/aromatic N) is 2. The van der Waals surface area contributed by atoms with Crippen molar-refractivity contribution in [2.45, 2.75) is 30.1 Å². The first-order chi connectivity index (χ1) is 50.8. The van der Waals surface area contributed by atoms with E-state index in [-0.39, 0.29) is 0 Å². The minimum Gasteiger partial charge on any atom is -0.310 e. The van der Waals surface area contributed by atoms with Crippen LogP contribution in [0.3, 0.4) is 0 Å². The Kier molecular flexibility index (Phi) is 13.5. The predicted molar refractivity (Wildman–Crippen MR) is 431 cm³/mol. The molecule has 0 aliphatic heterocycles. The fourth-order valence-electron chi connectivity index (χ4n) is 18.8. The second-order valence-corrected chi connectivity index (χ2v) is 28.4. The van der Waals surface area contributed by atoms with Crippen molar-refractivity contribution in [3.05, 3.63) is 454 Å². The van der Waals surface area contributed by atoms with E-state index >= 15 is 0 Å². The summed E-state index contributed by atoms with van der Waals surface area (Å²) in [4.78, 5) is 5.11. The molecule has 0 heterocycles. The van der Waals surface area contributed by atoms with Gasteiger partial charge in [0.05, 0.1) is 27.6 Å². The Balaban J connectivity index is 0.829. The Bertz CT molecular complexity index is 5800. The molecular formula is C101H70N2. The first kappa shape index (κ1) is 60.1. The average molecular weight is 1310 g/mol. The molecule has 2 nitrogen and oxygen atoms in total. The summed E-state index contributed by atoms with van der Waals surface area (Å²) in [6.07, 6.45) is 3.88. The quantitative estimate of drug-likeness (QED) is 0.120. The minimum absolute atomic E-state index is 0.648. The third-order valence-corrected chi connectivity index (χ3v) is 23.3. The minimum atomic E-state index is -0.742. The summed E-state index contributed by atoms with van der Waals surface area (Å²) in [5.41, 5.74) is 34.0. The number of fused-ring (bicyclic) bond motifs is 18. The van der Waals surface area contributed by atoms with E-state index in [1.165, 1.54) is 144 Å². The molecule has 2 heteroatoms. The van der Waals surface area contributed by atoms with E-state index in [4.69, 9.17) is 0 Å². The van der Waals surface area contributed by atoms with Crippen LogP contribution in [0.5, 0.6) is 0 Å². The summed E-state index contributed by atoms with van der Waals surface area (Å²) >= 11 is 0. The van der Waals surface area contributed by atoms with Gasteiger partial charge in [-0.15, -0.1) is 0 Å². The van der Waals surface area contributed by atoms with Gasteiger partial charge in [0.15, 0.2) is 0 Å². The summed E-state index contributed by atoms with van der Waals surface area (Å²) in [5, 5.41) is 4.70. The van der Waals surface area contributed by atoms with Crippen molar-refractivity contribution in [3.63, 3.8) is 0 Å². The largest absolute Gasteiger partial charge is 0.310 e. The molecule has 2 unspecified atom stereocenters. The van der Waals surface area contributed by atoms with Gasteiger partial charge in [-0.05, 0) is 208 Å². The van der Waals surface area contributed by atoms with Crippen molar-refractivity contribution < 1.29 is 0 Å². The van der Waals surface area contributed by atoms with Crippen molar-refractivity contribution in [2.24, 2.45) is 0 Å². The van der Waals surface area contributed by atoms with E-state index in [9.17, 15) is 0 Å². The molecule has 1 spiro atoms. The van der Waals surface area contributed by atoms with Gasteiger partial charge in [-0.2, -0.15) is 0 Å². The van der Waals surface area contributed by atoms with Crippen molar-refractivity contribution >= 4 is 67.8 Å². The lowest BCUT2D eigenvalue weighted by molar-refractivity contribution is 0.768. The van der Waals surface area contributed by atoms with Gasteiger partial charge < -0.3 is 9.80 Å². The zero-order chi connectivity index (χ0) is 68.7. The summed E-state index contributed by atoms with van der Waals surface area (Å²) in [6, 6.07) is 134. The van der Waals surface area contributed by atoms with Gasteiger partial charge in [-0.3, -0.25) is 0 Å². The van der Waals surface area contributed by atoms with Gasteiger partial charge in [0.25, 0.3) is 0 Å². The molecule has 0 radical (unpaired) electrons. The number of anilines is 6. The topological polar surface area (TPSA) is 6.48 Å². The van der Waals surface area contributed by atoms with Crippen LogP contribution >= 0.6 is 0 Å². The third-order valence-electron chi connectivity index (χ3n) is 23.3. The summed E-state index contributed by atoms with van der Waals surface area (Å²) < 4.78 is 0. The van der Waals surface area contributed by atoms with Crippen molar-refractivity contribution in [3.8, 4) is 44.5 Å². The summed E-state index contributed by atoms with van der Waals surface area (Å²) in [5.74, 6) is 0. The molecule has 0 aromatic heterocycles. The number of hydrogen-bond acceptors (Lipinski definition) is 2. The maximum atomic E-state index is 4.18. The van der Waals surface area contributed by atoms with Crippen LogP contribution in [0.4, 0.5) is 34.1 Å². The highest BCUT2D eigenvalue weighted by atomic mass is 15.2. The maximum absolute atomic E-state index is 4.18. The van der Waals surface area contributed by atoms with E-state index in [1.54, 1.807) is 0 Å². The van der Waals surface area contributed by atoms with Crippen LogP contribution in [-0.4, -0.2) is 0 Å². The fourth-order valence-corrected chi connectivity index (χ4v) is 18.8. The fraction of sp³-hybridized carbons (Fsp3) is 0.0495. The molecule has 20 rings (SSSR count). The van der Waals surface area contributed by atoms with Crippen molar-refractivity contribution in [2.75, 3.05) is 9.80 Å². The molecule has 484 valence electrons. The van der Waals surface area contributed by atoms with Crippen LogP contribution in [0.2, 0.25) is 0 Å². The summed E-state index contributed by atoms with van der Waals surface area (Å²) in [7, 11) is 0. The van der Waals surface area contributed by atoms with E-state index in [1.807, 2.05) is 12.2 Å². The van der Waals surface area contributed by atoms with Gasteiger partial charge in [-0.1, -0.05) is 328 Å². The molecule has 16 aromatic carbocycles. The van der Waals surface area contributed by atoms with Gasteiger partial charge in [0, 0.05) is 33.5 Å². The standard InChI is InChI=1S/C101H70N2/c1-5-67-41-49-73(50-42-67)99(71-45-37-65(3)38-46-71)89-31-15-11-27-81(89)85-57-53-75(61-93(85)99)102(97-35-19-23-69-21-7-9-25-79(69)97)77-55-59-87-83-29-13-17-33-91(83)101(95(87)63-77)92-34-18-14-30-84(92)88-60-56-78(64-96(88)101)103(98-36-20-24-70-22-8-10-26-80(70)98)76-54-58-86-82-28-12-16-32-90(82)100(94(86)62-76,72-47-39-66(4)40-48-72)74-51-43-68(6-2)44-52-74/h5-64H,1-2H2,3-4H3. The first-order valence-electron chi connectivity index (χ1n) is 35.9. The Morgan fingerprint density at radius 3 is 0.825 bits per heavy atom. The molecular weight excluding hydrogens is 1240 g/mol. The second-order valence-electron chi connectivity index (χ2n) is 28.4. The smallest absolute Gasteiger partial charge is 0.0727 e. The molecule has 0 fully saturated rings. The van der Waals surface area contributed by atoms with Crippen LogP contribution < -0.4 is 9.80 Å². The van der Waals surface area contributed by atoms with E-state index < -0.39 is 16.2 Å². The zero-order valence-electron chi connectivity index (χ0n) is 57.4. The van der Waals surface area contributed by atoms with E-state index in [2.05, 4.69) is 389 Å². The monoisotopic (exact) mass is 1310 g/mol. The lowest BCUT2D eigenvalue weighted by Gasteiger charge is -2.36. The van der Waals surface area contributed by atoms with Gasteiger partial charge in [0.2, 0.25) is 0 Å². The molecule has 103 heavy (non-hydrogen) atoms. The molecule has 4 aliphatic rings. The highest BCUT2D eigenvalue weighted by molar-refractivity contribution is 6.04. The Labute approximate surface area is 602 Å². The average Bonchev–Trinajstić information content (AvgIpc) is 1.52. The SMILES string of the molecule is C=Cc1ccc(C2(c3ccc(C)cc3)c3ccccc3-c3ccc(N(c4ccc5c(c4)C4(c6ccccc6-5)c5ccccc5-c5ccc(N(c6ccc7c(c6)C(c6ccc(C)cc6)(c6ccc(C=C)cc6)c6ccccc6-7)c6cccc7ccccc67)cc54)c4cccc5ccccc45)cc32)cc1. The lowest BCUT2D eigenvalue weighted by atomic mass is 9.67. The number of aryl methyl sites for hydroxylation is 2. The number of rotatable bonds is 12. The van der Waals surface area contributed by atoms with Crippen LogP contribution in [0.25, 0.3) is 78.2 Å². The Morgan fingerprint density at radius 1 is 0.233 bits per heavy atom. The van der Waals surface area contributed by atoms with Crippen LogP contribution in [0.1, 0.15) is 89.0 Å². The molecule has 2 atom stereocenters. The third kappa shape index (κ3) is 8.56. The van der Waals surface area contributed by atoms with Gasteiger partial charge >= 0.3 is 0 Å². The Hall–Kier alpha value is -12.9. The molecule has 0 bridgehead atoms. The molecule has 4 aliphatic carbocycles.